The lowest BCUT2D eigenvalue weighted by Gasteiger charge is -2.51. The molecule has 5 nitrogen and oxygen atoms in total. The molecule has 5 heteroatoms. The summed E-state index contributed by atoms with van der Waals surface area (Å²) < 4.78 is 0. The highest BCUT2D eigenvalue weighted by atomic mass is 16.3. The molecular weight excluding hydrogens is 352 g/mol. The van der Waals surface area contributed by atoms with E-state index < -0.39 is 11.5 Å². The fourth-order valence-electron chi connectivity index (χ4n) is 4.54. The highest BCUT2D eigenvalue weighted by Gasteiger charge is 2.47. The number of aliphatic hydroxyl groups excluding tert-OH is 1. The molecule has 1 N–H and O–H groups in total. The van der Waals surface area contributed by atoms with Gasteiger partial charge in [0.15, 0.2) is 0 Å². The molecule has 0 bridgehead atoms. The molecule has 0 saturated carbocycles. The van der Waals surface area contributed by atoms with Gasteiger partial charge in [0.05, 0.1) is 6.10 Å². The maximum absolute atomic E-state index is 13.1. The van der Waals surface area contributed by atoms with E-state index in [0.29, 0.717) is 51.0 Å². The Labute approximate surface area is 168 Å². The Balaban J connectivity index is 1.75. The quantitative estimate of drug-likeness (QED) is 0.812. The smallest absolute Gasteiger partial charge is 0.253 e. The van der Waals surface area contributed by atoms with E-state index in [2.05, 4.69) is 6.58 Å². The number of allylic oxidation sites excluding steroid dienone is 1. The summed E-state index contributed by atoms with van der Waals surface area (Å²) >= 11 is 0. The van der Waals surface area contributed by atoms with Crippen molar-refractivity contribution in [1.29, 1.82) is 0 Å². The van der Waals surface area contributed by atoms with Gasteiger partial charge in [-0.3, -0.25) is 9.59 Å². The van der Waals surface area contributed by atoms with Crippen LogP contribution in [0.5, 0.6) is 0 Å². The fourth-order valence-corrected chi connectivity index (χ4v) is 4.54. The van der Waals surface area contributed by atoms with Crippen LogP contribution < -0.4 is 0 Å². The first-order valence-corrected chi connectivity index (χ1v) is 10.3. The average Bonchev–Trinajstić information content (AvgIpc) is 2.70. The summed E-state index contributed by atoms with van der Waals surface area (Å²) in [5, 5.41) is 10.8. The van der Waals surface area contributed by atoms with Gasteiger partial charge >= 0.3 is 0 Å². The Bertz CT molecular complexity index is 760. The van der Waals surface area contributed by atoms with Gasteiger partial charge in [0.2, 0.25) is 5.91 Å². The Morgan fingerprint density at radius 2 is 1.96 bits per heavy atom. The highest BCUT2D eigenvalue weighted by Crippen LogP contribution is 2.39. The summed E-state index contributed by atoms with van der Waals surface area (Å²) in [6.45, 7) is 10.1. The second-order valence-corrected chi connectivity index (χ2v) is 8.44. The van der Waals surface area contributed by atoms with Crippen LogP contribution in [0.15, 0.2) is 30.9 Å². The number of amides is 2. The van der Waals surface area contributed by atoms with Gasteiger partial charge in [-0.15, -0.1) is 6.58 Å². The predicted octanol–water partition coefficient (Wildman–Crippen LogP) is 3.09. The lowest BCUT2D eigenvalue weighted by atomic mass is 9.71. The number of benzene rings is 1. The van der Waals surface area contributed by atoms with E-state index in [1.165, 1.54) is 5.56 Å². The highest BCUT2D eigenvalue weighted by molar-refractivity contribution is 5.94. The van der Waals surface area contributed by atoms with Gasteiger partial charge in [-0.25, -0.2) is 0 Å². The minimum absolute atomic E-state index is 0.0180. The topological polar surface area (TPSA) is 60.9 Å². The summed E-state index contributed by atoms with van der Waals surface area (Å²) in [6, 6.07) is 5.81. The van der Waals surface area contributed by atoms with Gasteiger partial charge < -0.3 is 14.9 Å². The number of aliphatic hydroxyl groups is 1. The standard InChI is InChI=1S/C23H32N2O3/c1-4-5-7-21(27)24-13-10-20(26)23(15-24)11-6-12-25(16-23)22(28)19-9-8-17(2)18(3)14-19/h4,8-9,14,20,26H,1,5-7,10-13,15-16H2,2-3H3/t20-,23-/m1/s1. The first-order valence-electron chi connectivity index (χ1n) is 10.3. The number of hydrogen-bond acceptors (Lipinski definition) is 3. The Morgan fingerprint density at radius 3 is 2.68 bits per heavy atom. The molecular formula is C23H32N2O3. The van der Waals surface area contributed by atoms with Crippen LogP contribution >= 0.6 is 0 Å². The van der Waals surface area contributed by atoms with Crippen molar-refractivity contribution in [2.24, 2.45) is 5.41 Å². The molecule has 1 spiro atoms. The van der Waals surface area contributed by atoms with Gasteiger partial charge in [0, 0.05) is 43.6 Å². The van der Waals surface area contributed by atoms with Crippen molar-refractivity contribution in [3.63, 3.8) is 0 Å². The Hall–Kier alpha value is -2.14. The molecule has 2 amide bonds. The number of nitrogens with zero attached hydrogens (tertiary/aromatic N) is 2. The molecule has 0 radical (unpaired) electrons. The molecule has 2 fully saturated rings. The van der Waals surface area contributed by atoms with Crippen LogP contribution in [0.4, 0.5) is 0 Å². The van der Waals surface area contributed by atoms with Gasteiger partial charge in [-0.05, 0) is 62.8 Å². The molecule has 1 aromatic carbocycles. The maximum atomic E-state index is 13.1. The molecule has 28 heavy (non-hydrogen) atoms. The molecule has 2 saturated heterocycles. The fraction of sp³-hybridized carbons (Fsp3) is 0.565. The third kappa shape index (κ3) is 4.14. The number of likely N-dealkylation sites (tertiary alicyclic amines) is 2. The van der Waals surface area contributed by atoms with Crippen LogP contribution in [0, 0.1) is 19.3 Å². The maximum Gasteiger partial charge on any atom is 0.253 e. The minimum Gasteiger partial charge on any atom is -0.392 e. The molecule has 2 aliphatic rings. The van der Waals surface area contributed by atoms with Crippen molar-refractivity contribution >= 4 is 11.8 Å². The first kappa shape index (κ1) is 20.6. The van der Waals surface area contributed by atoms with Gasteiger partial charge in [-0.1, -0.05) is 12.1 Å². The van der Waals surface area contributed by atoms with Crippen LogP contribution in [-0.4, -0.2) is 59.0 Å². The average molecular weight is 385 g/mol. The zero-order chi connectivity index (χ0) is 20.3. The van der Waals surface area contributed by atoms with Crippen molar-refractivity contribution < 1.29 is 14.7 Å². The number of carbonyl (C=O) groups excluding carboxylic acids is 2. The van der Waals surface area contributed by atoms with E-state index in [-0.39, 0.29) is 11.8 Å². The second kappa shape index (κ2) is 8.48. The molecule has 0 unspecified atom stereocenters. The van der Waals surface area contributed by atoms with Crippen LogP contribution in [0.2, 0.25) is 0 Å². The van der Waals surface area contributed by atoms with Gasteiger partial charge in [0.25, 0.3) is 5.91 Å². The summed E-state index contributed by atoms with van der Waals surface area (Å²) in [5.41, 5.74) is 2.55. The van der Waals surface area contributed by atoms with Crippen LogP contribution in [0.1, 0.15) is 53.6 Å². The lowest BCUT2D eigenvalue weighted by Crippen LogP contribution is -2.60. The SMILES string of the molecule is C=CCCC(=O)N1CC[C@@H](O)[C@]2(CCCN(C(=O)c3ccc(C)c(C)c3)C2)C1. The van der Waals surface area contributed by atoms with E-state index in [1.54, 1.807) is 6.08 Å². The van der Waals surface area contributed by atoms with Crippen molar-refractivity contribution in [2.75, 3.05) is 26.2 Å². The van der Waals surface area contributed by atoms with Crippen molar-refractivity contribution in [3.05, 3.63) is 47.5 Å². The number of carbonyl (C=O) groups is 2. The monoisotopic (exact) mass is 384 g/mol. The summed E-state index contributed by atoms with van der Waals surface area (Å²) in [6.07, 6.45) is 4.68. The zero-order valence-corrected chi connectivity index (χ0v) is 17.1. The number of hydrogen-bond donors (Lipinski definition) is 1. The Kier molecular flexibility index (Phi) is 6.23. The molecule has 1 aromatic rings. The third-order valence-corrected chi connectivity index (χ3v) is 6.45. The molecule has 152 valence electrons. The number of piperidine rings is 2. The number of aryl methyl sites for hydroxylation is 2. The summed E-state index contributed by atoms with van der Waals surface area (Å²) in [7, 11) is 0. The lowest BCUT2D eigenvalue weighted by molar-refractivity contribution is -0.142. The second-order valence-electron chi connectivity index (χ2n) is 8.44. The normalized spacial score (nSPS) is 25.0. The van der Waals surface area contributed by atoms with Crippen LogP contribution in [0.3, 0.4) is 0 Å². The summed E-state index contributed by atoms with van der Waals surface area (Å²) in [5.74, 6) is 0.133. The minimum atomic E-state index is -0.480. The van der Waals surface area contributed by atoms with E-state index in [0.717, 1.165) is 18.4 Å². The zero-order valence-electron chi connectivity index (χ0n) is 17.1. The van der Waals surface area contributed by atoms with E-state index in [4.69, 9.17) is 0 Å². The van der Waals surface area contributed by atoms with Crippen molar-refractivity contribution in [1.82, 2.24) is 9.80 Å². The molecule has 2 aliphatic heterocycles. The predicted molar refractivity (Wildman–Crippen MR) is 110 cm³/mol. The van der Waals surface area contributed by atoms with Gasteiger partial charge in [-0.2, -0.15) is 0 Å². The van der Waals surface area contributed by atoms with E-state index in [1.807, 2.05) is 41.8 Å². The van der Waals surface area contributed by atoms with Crippen molar-refractivity contribution in [3.8, 4) is 0 Å². The van der Waals surface area contributed by atoms with Gasteiger partial charge in [0.1, 0.15) is 0 Å². The van der Waals surface area contributed by atoms with E-state index >= 15 is 0 Å². The molecule has 0 aliphatic carbocycles. The van der Waals surface area contributed by atoms with Crippen molar-refractivity contribution in [2.45, 2.75) is 52.1 Å². The first-order chi connectivity index (χ1) is 13.4. The molecule has 3 rings (SSSR count). The third-order valence-electron chi connectivity index (χ3n) is 6.45. The Morgan fingerprint density at radius 1 is 1.21 bits per heavy atom. The largest absolute Gasteiger partial charge is 0.392 e. The number of rotatable bonds is 4. The van der Waals surface area contributed by atoms with Crippen LogP contribution in [-0.2, 0) is 4.79 Å². The van der Waals surface area contributed by atoms with E-state index in [9.17, 15) is 14.7 Å². The molecule has 0 aromatic heterocycles. The molecule has 2 atom stereocenters. The molecule has 2 heterocycles. The van der Waals surface area contributed by atoms with Crippen LogP contribution in [0.25, 0.3) is 0 Å². The summed E-state index contributed by atoms with van der Waals surface area (Å²) in [4.78, 5) is 29.4.